The number of nitrogens with one attached hydrogen (secondary N) is 1. The minimum atomic E-state index is -0.788. The zero-order valence-electron chi connectivity index (χ0n) is 10.6. The monoisotopic (exact) mass is 262 g/mol. The Morgan fingerprint density at radius 2 is 2.22 bits per heavy atom. The third-order valence-electron chi connectivity index (χ3n) is 3.67. The molecule has 1 amide bonds. The van der Waals surface area contributed by atoms with E-state index in [9.17, 15) is 10.1 Å². The minimum absolute atomic E-state index is 0.00958. The summed E-state index contributed by atoms with van der Waals surface area (Å²) in [7, 11) is 0. The maximum absolute atomic E-state index is 12.3. The molecule has 0 saturated heterocycles. The number of nitrogens with zero attached hydrogens (tertiary/aromatic N) is 1. The van der Waals surface area contributed by atoms with Crippen LogP contribution in [0.5, 0.6) is 0 Å². The van der Waals surface area contributed by atoms with Gasteiger partial charge in [0.15, 0.2) is 0 Å². The zero-order valence-corrected chi connectivity index (χ0v) is 11.4. The lowest BCUT2D eigenvalue weighted by Gasteiger charge is -2.30. The lowest BCUT2D eigenvalue weighted by Crippen LogP contribution is -2.42. The quantitative estimate of drug-likeness (QED) is 0.907. The van der Waals surface area contributed by atoms with E-state index in [1.54, 1.807) is 11.3 Å². The number of hydrogen-bond donors (Lipinski definition) is 1. The molecule has 1 aliphatic carbocycles. The van der Waals surface area contributed by atoms with Crippen molar-refractivity contribution in [3.63, 3.8) is 0 Å². The number of carbonyl (C=O) groups excluding carboxylic acids is 1. The summed E-state index contributed by atoms with van der Waals surface area (Å²) in [6.07, 6.45) is 4.50. The second-order valence-electron chi connectivity index (χ2n) is 4.97. The van der Waals surface area contributed by atoms with Crippen molar-refractivity contribution in [1.29, 1.82) is 5.26 Å². The van der Waals surface area contributed by atoms with Gasteiger partial charge in [0.1, 0.15) is 5.41 Å². The number of thiophene rings is 1. The lowest BCUT2D eigenvalue weighted by molar-refractivity contribution is -0.130. The zero-order chi connectivity index (χ0) is 13.0. The van der Waals surface area contributed by atoms with Gasteiger partial charge in [0.25, 0.3) is 0 Å². The Labute approximate surface area is 112 Å². The van der Waals surface area contributed by atoms with Crippen LogP contribution < -0.4 is 5.32 Å². The van der Waals surface area contributed by atoms with E-state index in [1.807, 2.05) is 24.4 Å². The van der Waals surface area contributed by atoms with Crippen LogP contribution in [-0.4, -0.2) is 5.91 Å². The molecule has 1 aromatic heterocycles. The molecule has 1 saturated carbocycles. The first-order valence-corrected chi connectivity index (χ1v) is 7.31. The van der Waals surface area contributed by atoms with Crippen molar-refractivity contribution in [2.24, 2.45) is 5.41 Å². The first-order valence-electron chi connectivity index (χ1n) is 6.43. The molecule has 1 atom stereocenters. The van der Waals surface area contributed by atoms with E-state index < -0.39 is 5.41 Å². The Balaban J connectivity index is 2.04. The highest BCUT2D eigenvalue weighted by Gasteiger charge is 2.40. The Bertz CT molecular complexity index is 441. The molecule has 0 aliphatic heterocycles. The van der Waals surface area contributed by atoms with Gasteiger partial charge in [-0.25, -0.2) is 0 Å². The predicted molar refractivity (Wildman–Crippen MR) is 72.0 cm³/mol. The standard InChI is InChI=1S/C14H18N2OS/c1-11(12-6-5-9-18-12)16-13(17)14(10-15)7-3-2-4-8-14/h5-6,9,11H,2-4,7-8H2,1H3,(H,16,17). The molecule has 2 rings (SSSR count). The van der Waals surface area contributed by atoms with E-state index in [1.165, 1.54) is 0 Å². The van der Waals surface area contributed by atoms with Crippen LogP contribution in [0.3, 0.4) is 0 Å². The fourth-order valence-electron chi connectivity index (χ4n) is 2.49. The predicted octanol–water partition coefficient (Wildman–Crippen LogP) is 3.40. The van der Waals surface area contributed by atoms with Crippen molar-refractivity contribution in [2.45, 2.75) is 45.1 Å². The van der Waals surface area contributed by atoms with Gasteiger partial charge >= 0.3 is 0 Å². The van der Waals surface area contributed by atoms with Gasteiger partial charge in [0.2, 0.25) is 5.91 Å². The molecule has 96 valence electrons. The van der Waals surface area contributed by atoms with E-state index >= 15 is 0 Å². The smallest absolute Gasteiger partial charge is 0.240 e. The van der Waals surface area contributed by atoms with Crippen LogP contribution in [0.4, 0.5) is 0 Å². The van der Waals surface area contributed by atoms with Crippen LogP contribution in [0.25, 0.3) is 0 Å². The van der Waals surface area contributed by atoms with Crippen molar-refractivity contribution in [3.8, 4) is 6.07 Å². The first kappa shape index (κ1) is 13.1. The van der Waals surface area contributed by atoms with Crippen molar-refractivity contribution in [2.75, 3.05) is 0 Å². The second-order valence-corrected chi connectivity index (χ2v) is 5.94. The number of nitriles is 1. The summed E-state index contributed by atoms with van der Waals surface area (Å²) >= 11 is 1.63. The molecule has 1 N–H and O–H groups in total. The maximum atomic E-state index is 12.3. The van der Waals surface area contributed by atoms with Crippen LogP contribution >= 0.6 is 11.3 Å². The molecule has 18 heavy (non-hydrogen) atoms. The van der Waals surface area contributed by atoms with E-state index in [0.717, 1.165) is 24.1 Å². The molecule has 4 heteroatoms. The lowest BCUT2D eigenvalue weighted by atomic mass is 9.74. The van der Waals surface area contributed by atoms with Crippen molar-refractivity contribution in [3.05, 3.63) is 22.4 Å². The summed E-state index contributed by atoms with van der Waals surface area (Å²) in [4.78, 5) is 13.5. The molecule has 1 heterocycles. The summed E-state index contributed by atoms with van der Waals surface area (Å²) < 4.78 is 0. The molecule has 0 aromatic carbocycles. The van der Waals surface area contributed by atoms with Gasteiger partial charge in [-0.3, -0.25) is 4.79 Å². The number of rotatable bonds is 3. The van der Waals surface area contributed by atoms with Crippen LogP contribution in [-0.2, 0) is 4.79 Å². The van der Waals surface area contributed by atoms with Crippen LogP contribution in [0.1, 0.15) is 49.9 Å². The van der Waals surface area contributed by atoms with Gasteiger partial charge in [-0.15, -0.1) is 11.3 Å². The molecular formula is C14H18N2OS. The highest BCUT2D eigenvalue weighted by atomic mass is 32.1. The summed E-state index contributed by atoms with van der Waals surface area (Å²) in [5, 5.41) is 14.3. The second kappa shape index (κ2) is 5.53. The number of carbonyl (C=O) groups is 1. The van der Waals surface area contributed by atoms with Gasteiger partial charge in [-0.2, -0.15) is 5.26 Å². The Hall–Kier alpha value is -1.34. The molecule has 1 aliphatic rings. The molecule has 0 radical (unpaired) electrons. The van der Waals surface area contributed by atoms with Crippen LogP contribution in [0, 0.1) is 16.7 Å². The summed E-state index contributed by atoms with van der Waals surface area (Å²) in [5.41, 5.74) is -0.788. The molecule has 1 unspecified atom stereocenters. The van der Waals surface area contributed by atoms with Crippen molar-refractivity contribution >= 4 is 17.2 Å². The van der Waals surface area contributed by atoms with Crippen molar-refractivity contribution in [1.82, 2.24) is 5.32 Å². The van der Waals surface area contributed by atoms with E-state index in [-0.39, 0.29) is 11.9 Å². The van der Waals surface area contributed by atoms with Crippen molar-refractivity contribution < 1.29 is 4.79 Å². The summed E-state index contributed by atoms with van der Waals surface area (Å²) in [6.45, 7) is 1.97. The van der Waals surface area contributed by atoms with E-state index in [0.29, 0.717) is 12.8 Å². The Morgan fingerprint density at radius 3 is 2.78 bits per heavy atom. The fraction of sp³-hybridized carbons (Fsp3) is 0.571. The molecule has 0 spiro atoms. The van der Waals surface area contributed by atoms with Crippen LogP contribution in [0.2, 0.25) is 0 Å². The average molecular weight is 262 g/mol. The third kappa shape index (κ3) is 2.56. The van der Waals surface area contributed by atoms with E-state index in [4.69, 9.17) is 0 Å². The first-order chi connectivity index (χ1) is 8.68. The molecule has 1 aromatic rings. The van der Waals surface area contributed by atoms with Gasteiger partial charge in [-0.1, -0.05) is 25.3 Å². The topological polar surface area (TPSA) is 52.9 Å². The third-order valence-corrected chi connectivity index (χ3v) is 4.73. The average Bonchev–Trinajstić information content (AvgIpc) is 2.93. The van der Waals surface area contributed by atoms with Crippen LogP contribution in [0.15, 0.2) is 17.5 Å². The van der Waals surface area contributed by atoms with Gasteiger partial charge < -0.3 is 5.32 Å². The molecular weight excluding hydrogens is 244 g/mol. The van der Waals surface area contributed by atoms with Gasteiger partial charge in [0, 0.05) is 4.88 Å². The minimum Gasteiger partial charge on any atom is -0.347 e. The summed E-state index contributed by atoms with van der Waals surface area (Å²) in [6, 6.07) is 6.23. The maximum Gasteiger partial charge on any atom is 0.240 e. The highest BCUT2D eigenvalue weighted by Crippen LogP contribution is 2.36. The number of hydrogen-bond acceptors (Lipinski definition) is 3. The molecule has 3 nitrogen and oxygen atoms in total. The summed E-state index contributed by atoms with van der Waals surface area (Å²) in [5.74, 6) is -0.0920. The van der Waals surface area contributed by atoms with Gasteiger partial charge in [-0.05, 0) is 31.2 Å². The normalized spacial score (nSPS) is 19.8. The largest absolute Gasteiger partial charge is 0.347 e. The van der Waals surface area contributed by atoms with Gasteiger partial charge in [0.05, 0.1) is 12.1 Å². The highest BCUT2D eigenvalue weighted by molar-refractivity contribution is 7.10. The molecule has 0 bridgehead atoms. The fourth-order valence-corrected chi connectivity index (χ4v) is 3.22. The molecule has 1 fully saturated rings. The Morgan fingerprint density at radius 1 is 1.50 bits per heavy atom. The van der Waals surface area contributed by atoms with E-state index in [2.05, 4.69) is 11.4 Å². The number of amides is 1. The SMILES string of the molecule is CC(NC(=O)C1(C#N)CCCCC1)c1cccs1. The Kier molecular flexibility index (Phi) is 4.03.